The highest BCUT2D eigenvalue weighted by Crippen LogP contribution is 2.71. The van der Waals surface area contributed by atoms with Gasteiger partial charge in [-0.3, -0.25) is 14.4 Å². The summed E-state index contributed by atoms with van der Waals surface area (Å²) >= 11 is 0. The molecule has 5 nitrogen and oxygen atoms in total. The highest BCUT2D eigenvalue weighted by molar-refractivity contribution is 6.21. The lowest BCUT2D eigenvalue weighted by Gasteiger charge is -2.55. The molecule has 5 atom stereocenters. The van der Waals surface area contributed by atoms with E-state index in [0.29, 0.717) is 19.3 Å². The maximum atomic E-state index is 13.9. The van der Waals surface area contributed by atoms with E-state index < -0.39 is 17.3 Å². The predicted molar refractivity (Wildman–Crippen MR) is 119 cm³/mol. The van der Waals surface area contributed by atoms with E-state index in [-0.39, 0.29) is 52.7 Å². The fraction of sp³-hybridized carbons (Fsp3) is 0.704. The summed E-state index contributed by atoms with van der Waals surface area (Å²) in [6.45, 7) is 6.65. The lowest BCUT2D eigenvalue weighted by molar-refractivity contribution is -0.147. The van der Waals surface area contributed by atoms with E-state index in [4.69, 9.17) is 4.74 Å². The molecule has 0 radical (unpaired) electrons. The van der Waals surface area contributed by atoms with Crippen molar-refractivity contribution in [2.75, 3.05) is 6.61 Å². The van der Waals surface area contributed by atoms with Crippen LogP contribution in [0.4, 0.5) is 0 Å². The van der Waals surface area contributed by atoms with Gasteiger partial charge in [0.2, 0.25) is 0 Å². The van der Waals surface area contributed by atoms with Gasteiger partial charge in [-0.15, -0.1) is 0 Å². The third-order valence-corrected chi connectivity index (χ3v) is 9.81. The zero-order chi connectivity index (χ0) is 22.9. The highest BCUT2D eigenvalue weighted by Gasteiger charge is 2.67. The predicted octanol–water partition coefficient (Wildman–Crippen LogP) is 4.68. The molecule has 5 aliphatic carbocycles. The number of hydrogen-bond acceptors (Lipinski definition) is 5. The van der Waals surface area contributed by atoms with Gasteiger partial charge >= 0.3 is 5.97 Å². The molecule has 0 aromatic heterocycles. The molecule has 172 valence electrons. The maximum Gasteiger partial charge on any atom is 0.342 e. The monoisotopic (exact) mass is 438 g/mol. The first-order valence-corrected chi connectivity index (χ1v) is 12.4. The van der Waals surface area contributed by atoms with Crippen molar-refractivity contribution < 1.29 is 23.9 Å². The van der Waals surface area contributed by atoms with Crippen molar-refractivity contribution in [3.63, 3.8) is 0 Å². The van der Waals surface area contributed by atoms with Gasteiger partial charge in [-0.05, 0) is 66.4 Å². The number of ketones is 3. The summed E-state index contributed by atoms with van der Waals surface area (Å²) in [7, 11) is 0. The van der Waals surface area contributed by atoms with Crippen LogP contribution < -0.4 is 0 Å². The first-order chi connectivity index (χ1) is 15.2. The number of fused-ring (bicyclic) bond motifs is 4. The second-order valence-corrected chi connectivity index (χ2v) is 11.2. The lowest BCUT2D eigenvalue weighted by Crippen LogP contribution is -2.54. The summed E-state index contributed by atoms with van der Waals surface area (Å²) in [6, 6.07) is 0. The molecular formula is C27H34O5. The Hall–Kier alpha value is -2.04. The molecule has 0 aromatic rings. The largest absolute Gasteiger partial charge is 0.462 e. The molecule has 4 unspecified atom stereocenters. The van der Waals surface area contributed by atoms with Gasteiger partial charge < -0.3 is 4.74 Å². The van der Waals surface area contributed by atoms with E-state index in [2.05, 4.69) is 19.9 Å². The van der Waals surface area contributed by atoms with Crippen molar-refractivity contribution in [1.82, 2.24) is 0 Å². The summed E-state index contributed by atoms with van der Waals surface area (Å²) < 4.78 is 5.58. The first-order valence-electron chi connectivity index (χ1n) is 12.4. The number of allylic oxidation sites excluding steroid dienone is 3. The lowest BCUT2D eigenvalue weighted by atomic mass is 9.46. The molecule has 5 aliphatic rings. The van der Waals surface area contributed by atoms with Gasteiger partial charge in [0, 0.05) is 25.2 Å². The second-order valence-electron chi connectivity index (χ2n) is 11.2. The van der Waals surface area contributed by atoms with Crippen molar-refractivity contribution in [3.05, 3.63) is 22.8 Å². The number of carbonyl (C=O) groups excluding carboxylic acids is 4. The fourth-order valence-electron chi connectivity index (χ4n) is 7.84. The Labute approximate surface area is 190 Å². The molecule has 0 aromatic carbocycles. The molecule has 3 saturated carbocycles. The second kappa shape index (κ2) is 7.23. The molecule has 0 bridgehead atoms. The molecule has 5 rings (SSSR count). The SMILES string of the molecule is CCCCOC(=O)C1=C2C3=CC[C@@]4(C)CCC(=O)C34CCC2C2(C)CCC(=O)CC2C1=O. The van der Waals surface area contributed by atoms with Crippen LogP contribution in [-0.2, 0) is 23.9 Å². The van der Waals surface area contributed by atoms with E-state index in [1.54, 1.807) is 0 Å². The minimum atomic E-state index is -0.568. The molecule has 3 fully saturated rings. The van der Waals surface area contributed by atoms with Crippen LogP contribution in [0.1, 0.15) is 85.0 Å². The van der Waals surface area contributed by atoms with E-state index in [9.17, 15) is 19.2 Å². The summed E-state index contributed by atoms with van der Waals surface area (Å²) in [5, 5.41) is 0. The fourth-order valence-corrected chi connectivity index (χ4v) is 7.84. The zero-order valence-corrected chi connectivity index (χ0v) is 19.6. The Kier molecular flexibility index (Phi) is 4.92. The standard InChI is InChI=1S/C27H34O5/c1-4-5-14-32-24(31)22-21-17(26(3)12-6-16(28)15-19(26)23(22)30)8-13-27-18(21)7-10-25(27,2)11-9-20(27)29/h7,17,19H,4-6,8-15H2,1-3H3/t17?,19?,25-,26?,27?/m0/s1. The molecule has 0 heterocycles. The Bertz CT molecular complexity index is 986. The molecule has 5 heteroatoms. The Morgan fingerprint density at radius 3 is 2.62 bits per heavy atom. The quantitative estimate of drug-likeness (QED) is 0.362. The van der Waals surface area contributed by atoms with E-state index >= 15 is 0 Å². The minimum Gasteiger partial charge on any atom is -0.462 e. The maximum absolute atomic E-state index is 13.9. The molecule has 0 aliphatic heterocycles. The number of hydrogen-bond donors (Lipinski definition) is 0. The van der Waals surface area contributed by atoms with Gasteiger partial charge in [0.15, 0.2) is 5.78 Å². The smallest absolute Gasteiger partial charge is 0.342 e. The van der Waals surface area contributed by atoms with Crippen molar-refractivity contribution in [1.29, 1.82) is 0 Å². The molecule has 32 heavy (non-hydrogen) atoms. The van der Waals surface area contributed by atoms with Gasteiger partial charge in [0.1, 0.15) is 17.1 Å². The van der Waals surface area contributed by atoms with Gasteiger partial charge in [-0.25, -0.2) is 4.79 Å². The van der Waals surface area contributed by atoms with E-state index in [0.717, 1.165) is 49.7 Å². The summed E-state index contributed by atoms with van der Waals surface area (Å²) in [5.41, 5.74) is 0.856. The Balaban J connectivity index is 1.68. The van der Waals surface area contributed by atoms with Crippen LogP contribution in [0.2, 0.25) is 0 Å². The molecule has 0 amide bonds. The zero-order valence-electron chi connectivity index (χ0n) is 19.6. The highest BCUT2D eigenvalue weighted by atomic mass is 16.5. The van der Waals surface area contributed by atoms with Crippen molar-refractivity contribution >= 4 is 23.3 Å². The van der Waals surface area contributed by atoms with Crippen LogP contribution in [0.3, 0.4) is 0 Å². The Morgan fingerprint density at radius 1 is 1.09 bits per heavy atom. The van der Waals surface area contributed by atoms with Crippen molar-refractivity contribution in [2.45, 2.75) is 85.0 Å². The number of Topliss-reactive ketones (excluding diaryl/α,β-unsaturated/α-hetero) is 3. The molecular weight excluding hydrogens is 404 g/mol. The number of rotatable bonds is 4. The number of unbranched alkanes of at least 4 members (excludes halogenated alkanes) is 1. The average molecular weight is 439 g/mol. The first kappa shape index (κ1) is 21.8. The van der Waals surface area contributed by atoms with Crippen LogP contribution in [0.15, 0.2) is 22.8 Å². The van der Waals surface area contributed by atoms with Crippen molar-refractivity contribution in [3.8, 4) is 0 Å². The van der Waals surface area contributed by atoms with Gasteiger partial charge in [-0.2, -0.15) is 0 Å². The summed E-state index contributed by atoms with van der Waals surface area (Å²) in [6.07, 6.45) is 8.98. The minimum absolute atomic E-state index is 0.0136. The van der Waals surface area contributed by atoms with Gasteiger partial charge in [-0.1, -0.05) is 33.3 Å². The number of carbonyl (C=O) groups is 4. The number of ether oxygens (including phenoxy) is 1. The van der Waals surface area contributed by atoms with Gasteiger partial charge in [0.25, 0.3) is 0 Å². The van der Waals surface area contributed by atoms with E-state index in [1.807, 2.05) is 6.92 Å². The van der Waals surface area contributed by atoms with Crippen molar-refractivity contribution in [2.24, 2.45) is 28.1 Å². The number of esters is 1. The Morgan fingerprint density at radius 2 is 1.88 bits per heavy atom. The van der Waals surface area contributed by atoms with Gasteiger partial charge in [0.05, 0.1) is 12.0 Å². The molecule has 1 spiro atoms. The molecule has 0 saturated heterocycles. The normalized spacial score (nSPS) is 40.5. The average Bonchev–Trinajstić information content (AvgIpc) is 3.19. The van der Waals surface area contributed by atoms with Crippen LogP contribution >= 0.6 is 0 Å². The van der Waals surface area contributed by atoms with Crippen LogP contribution in [0.25, 0.3) is 0 Å². The molecule has 0 N–H and O–H groups in total. The van der Waals surface area contributed by atoms with Crippen LogP contribution in [0, 0.1) is 28.1 Å². The summed E-state index contributed by atoms with van der Waals surface area (Å²) in [4.78, 5) is 52.9. The summed E-state index contributed by atoms with van der Waals surface area (Å²) in [5.74, 6) is -0.862. The van der Waals surface area contributed by atoms with Crippen LogP contribution in [-0.4, -0.2) is 29.9 Å². The third-order valence-electron chi connectivity index (χ3n) is 9.81. The third kappa shape index (κ3) is 2.63. The van der Waals surface area contributed by atoms with E-state index in [1.165, 1.54) is 0 Å². The van der Waals surface area contributed by atoms with Crippen LogP contribution in [0.5, 0.6) is 0 Å². The topological polar surface area (TPSA) is 77.5 Å².